The van der Waals surface area contributed by atoms with Crippen molar-refractivity contribution in [2.75, 3.05) is 26.8 Å². The van der Waals surface area contributed by atoms with Gasteiger partial charge in [0.1, 0.15) is 17.2 Å². The number of methoxy groups -OCH3 is 1. The third-order valence-electron chi connectivity index (χ3n) is 4.65. The van der Waals surface area contributed by atoms with E-state index < -0.39 is 6.04 Å². The van der Waals surface area contributed by atoms with E-state index in [2.05, 4.69) is 31.1 Å². The van der Waals surface area contributed by atoms with E-state index in [1.165, 1.54) is 7.11 Å². The molecule has 0 N–H and O–H groups in total. The van der Waals surface area contributed by atoms with Gasteiger partial charge in [-0.05, 0) is 11.6 Å². The average molecular weight is 409 g/mol. The first-order valence-electron chi connectivity index (χ1n) is 8.95. The summed E-state index contributed by atoms with van der Waals surface area (Å²) in [6, 6.07) is 6.84. The third kappa shape index (κ3) is 4.51. The van der Waals surface area contributed by atoms with Crippen LogP contribution < -0.4 is 0 Å². The summed E-state index contributed by atoms with van der Waals surface area (Å²) in [6.07, 6.45) is -0.172. The summed E-state index contributed by atoms with van der Waals surface area (Å²) in [5.41, 5.74) is 1.80. The van der Waals surface area contributed by atoms with Gasteiger partial charge in [-0.15, -0.1) is 11.3 Å². The van der Waals surface area contributed by atoms with E-state index in [9.17, 15) is 4.79 Å². The Morgan fingerprint density at radius 3 is 2.78 bits per heavy atom. The van der Waals surface area contributed by atoms with Gasteiger partial charge in [0.25, 0.3) is 0 Å². The second kappa shape index (κ2) is 8.27. The van der Waals surface area contributed by atoms with Gasteiger partial charge in [0.15, 0.2) is 0 Å². The van der Waals surface area contributed by atoms with E-state index in [0.29, 0.717) is 24.7 Å². The lowest BCUT2D eigenvalue weighted by molar-refractivity contribution is -0.150. The molecule has 0 aliphatic carbocycles. The van der Waals surface area contributed by atoms with Gasteiger partial charge < -0.3 is 9.47 Å². The predicted molar refractivity (Wildman–Crippen MR) is 107 cm³/mol. The first kappa shape index (κ1) is 20.3. The Kier molecular flexibility index (Phi) is 6.21. The highest BCUT2D eigenvalue weighted by Crippen LogP contribution is 2.35. The maximum atomic E-state index is 12.6. The Labute approximate surface area is 169 Å². The van der Waals surface area contributed by atoms with E-state index >= 15 is 0 Å². The van der Waals surface area contributed by atoms with Crippen molar-refractivity contribution in [2.24, 2.45) is 0 Å². The number of benzene rings is 1. The van der Waals surface area contributed by atoms with Gasteiger partial charge in [0.2, 0.25) is 0 Å². The van der Waals surface area contributed by atoms with Crippen LogP contribution in [0.3, 0.4) is 0 Å². The molecule has 2 unspecified atom stereocenters. The Balaban J connectivity index is 1.85. The Morgan fingerprint density at radius 1 is 1.41 bits per heavy atom. The number of rotatable bonds is 4. The highest BCUT2D eigenvalue weighted by molar-refractivity contribution is 7.09. The molecule has 146 valence electrons. The normalized spacial score (nSPS) is 19.7. The molecule has 1 aromatic heterocycles. The average Bonchev–Trinajstić information content (AvgIpc) is 3.14. The SMILES string of the molecule is COC(=O)C(c1ccccc1Cl)N1CCOC(c2nc(C(C)(C)C)cs2)C1. The van der Waals surface area contributed by atoms with Crippen LogP contribution in [0.25, 0.3) is 0 Å². The highest BCUT2D eigenvalue weighted by Gasteiger charge is 2.35. The lowest BCUT2D eigenvalue weighted by atomic mass is 9.93. The minimum Gasteiger partial charge on any atom is -0.468 e. The number of thiazole rings is 1. The molecule has 27 heavy (non-hydrogen) atoms. The van der Waals surface area contributed by atoms with Crippen LogP contribution in [0, 0.1) is 0 Å². The van der Waals surface area contributed by atoms with E-state index in [1.807, 2.05) is 18.2 Å². The summed E-state index contributed by atoms with van der Waals surface area (Å²) in [5.74, 6) is -0.321. The third-order valence-corrected chi connectivity index (χ3v) is 5.93. The van der Waals surface area contributed by atoms with Gasteiger partial charge >= 0.3 is 5.97 Å². The zero-order valence-corrected chi connectivity index (χ0v) is 17.6. The molecule has 1 aliphatic rings. The number of hydrogen-bond donors (Lipinski definition) is 0. The molecular formula is C20H25ClN2O3S. The molecule has 2 heterocycles. The van der Waals surface area contributed by atoms with Gasteiger partial charge in [-0.1, -0.05) is 50.6 Å². The predicted octanol–water partition coefficient (Wildman–Crippen LogP) is 4.38. The van der Waals surface area contributed by atoms with Crippen molar-refractivity contribution in [3.8, 4) is 0 Å². The van der Waals surface area contributed by atoms with Gasteiger partial charge in [0.05, 0.1) is 19.4 Å². The van der Waals surface area contributed by atoms with Gasteiger partial charge in [-0.3, -0.25) is 4.90 Å². The van der Waals surface area contributed by atoms with Crippen molar-refractivity contribution < 1.29 is 14.3 Å². The summed E-state index contributed by atoms with van der Waals surface area (Å²) in [4.78, 5) is 19.4. The molecular weight excluding hydrogens is 384 g/mol. The molecule has 3 rings (SSSR count). The number of esters is 1. The maximum absolute atomic E-state index is 12.6. The van der Waals surface area contributed by atoms with Crippen molar-refractivity contribution in [3.05, 3.63) is 50.9 Å². The zero-order valence-electron chi connectivity index (χ0n) is 16.1. The van der Waals surface area contributed by atoms with Crippen LogP contribution in [0.1, 0.15) is 49.2 Å². The quantitative estimate of drug-likeness (QED) is 0.702. The molecule has 2 atom stereocenters. The number of ether oxygens (including phenoxy) is 2. The van der Waals surface area contributed by atoms with Crippen molar-refractivity contribution in [1.82, 2.24) is 9.88 Å². The highest BCUT2D eigenvalue weighted by atomic mass is 35.5. The Bertz CT molecular complexity index is 803. The molecule has 7 heteroatoms. The van der Waals surface area contributed by atoms with Gasteiger partial charge in [-0.2, -0.15) is 0 Å². The number of hydrogen-bond acceptors (Lipinski definition) is 6. The van der Waals surface area contributed by atoms with Crippen LogP contribution in [0.15, 0.2) is 29.6 Å². The summed E-state index contributed by atoms with van der Waals surface area (Å²) in [5, 5.41) is 3.58. The zero-order chi connectivity index (χ0) is 19.6. The lowest BCUT2D eigenvalue weighted by Gasteiger charge is -2.36. The standard InChI is InChI=1S/C20H25ClN2O3S/c1-20(2,3)16-12-27-18(22-16)15-11-23(9-10-26-15)17(19(24)25-4)13-7-5-6-8-14(13)21/h5-8,12,15,17H,9-11H2,1-4H3. The van der Waals surface area contributed by atoms with Gasteiger partial charge in [-0.25, -0.2) is 9.78 Å². The van der Waals surface area contributed by atoms with Crippen molar-refractivity contribution in [1.29, 1.82) is 0 Å². The Morgan fingerprint density at radius 2 is 2.15 bits per heavy atom. The summed E-state index contributed by atoms with van der Waals surface area (Å²) in [6.45, 7) is 8.13. The number of aromatic nitrogens is 1. The van der Waals surface area contributed by atoms with Crippen LogP contribution >= 0.6 is 22.9 Å². The fraction of sp³-hybridized carbons (Fsp3) is 0.500. The van der Waals surface area contributed by atoms with Crippen molar-refractivity contribution in [3.63, 3.8) is 0 Å². The minimum atomic E-state index is -0.558. The van der Waals surface area contributed by atoms with Crippen molar-refractivity contribution in [2.45, 2.75) is 38.3 Å². The molecule has 0 amide bonds. The molecule has 5 nitrogen and oxygen atoms in total. The molecule has 0 radical (unpaired) electrons. The molecule has 1 aliphatic heterocycles. The second-order valence-corrected chi connectivity index (χ2v) is 8.92. The lowest BCUT2D eigenvalue weighted by Crippen LogP contribution is -2.44. The molecule has 1 saturated heterocycles. The van der Waals surface area contributed by atoms with Crippen LogP contribution in [0.5, 0.6) is 0 Å². The number of carbonyl (C=O) groups excluding carboxylic acids is 1. The molecule has 1 aromatic carbocycles. The largest absolute Gasteiger partial charge is 0.468 e. The first-order valence-corrected chi connectivity index (χ1v) is 10.2. The van der Waals surface area contributed by atoms with Crippen LogP contribution in [0.2, 0.25) is 5.02 Å². The monoisotopic (exact) mass is 408 g/mol. The fourth-order valence-electron chi connectivity index (χ4n) is 3.11. The molecule has 0 saturated carbocycles. The smallest absolute Gasteiger partial charge is 0.327 e. The fourth-order valence-corrected chi connectivity index (χ4v) is 4.44. The number of nitrogens with zero attached hydrogens (tertiary/aromatic N) is 2. The molecule has 0 bridgehead atoms. The van der Waals surface area contributed by atoms with Crippen LogP contribution in [-0.4, -0.2) is 42.7 Å². The number of carbonyl (C=O) groups is 1. The Hall–Kier alpha value is -1.47. The summed E-state index contributed by atoms with van der Waals surface area (Å²) in [7, 11) is 1.40. The van der Waals surface area contributed by atoms with E-state index in [-0.39, 0.29) is 17.5 Å². The topological polar surface area (TPSA) is 51.7 Å². The van der Waals surface area contributed by atoms with Gasteiger partial charge in [0, 0.05) is 28.9 Å². The van der Waals surface area contributed by atoms with Crippen LogP contribution in [-0.2, 0) is 19.7 Å². The van der Waals surface area contributed by atoms with E-state index in [4.69, 9.17) is 26.1 Å². The second-order valence-electron chi connectivity index (χ2n) is 7.62. The van der Waals surface area contributed by atoms with Crippen LogP contribution in [0.4, 0.5) is 0 Å². The first-order chi connectivity index (χ1) is 12.8. The van der Waals surface area contributed by atoms with E-state index in [0.717, 1.165) is 16.3 Å². The summed E-state index contributed by atoms with van der Waals surface area (Å²) < 4.78 is 11.0. The number of halogens is 1. The maximum Gasteiger partial charge on any atom is 0.327 e. The minimum absolute atomic E-state index is 0.00474. The molecule has 1 fully saturated rings. The molecule has 0 spiro atoms. The molecule has 2 aromatic rings. The van der Waals surface area contributed by atoms with E-state index in [1.54, 1.807) is 17.4 Å². The summed E-state index contributed by atoms with van der Waals surface area (Å²) >= 11 is 7.97. The van der Waals surface area contributed by atoms with Crippen molar-refractivity contribution >= 4 is 28.9 Å². The number of morpholine rings is 1.